The average molecular weight is 433 g/mol. The monoisotopic (exact) mass is 432 g/mol. The highest BCUT2D eigenvalue weighted by molar-refractivity contribution is 7.91. The molecule has 3 rings (SSSR count). The number of hydrogen-bond donors (Lipinski definition) is 0. The van der Waals surface area contributed by atoms with Crippen molar-refractivity contribution in [1.82, 2.24) is 4.57 Å². The van der Waals surface area contributed by atoms with Crippen LogP contribution in [0.25, 0.3) is 10.2 Å². The second-order valence-corrected chi connectivity index (χ2v) is 10.1. The number of methoxy groups -OCH3 is 1. The number of nitrogens with zero attached hydrogens (tertiary/aromatic N) is 2. The summed E-state index contributed by atoms with van der Waals surface area (Å²) in [5.41, 5.74) is 3.37. The van der Waals surface area contributed by atoms with Gasteiger partial charge in [0.1, 0.15) is 5.75 Å². The van der Waals surface area contributed by atoms with E-state index in [0.29, 0.717) is 10.6 Å². The lowest BCUT2D eigenvalue weighted by Crippen LogP contribution is -2.14. The van der Waals surface area contributed by atoms with Gasteiger partial charge in [-0.2, -0.15) is 4.99 Å². The van der Waals surface area contributed by atoms with Crippen LogP contribution in [0.4, 0.5) is 0 Å². The predicted molar refractivity (Wildman–Crippen MR) is 115 cm³/mol. The molecule has 0 aliphatic carbocycles. The molecule has 0 saturated carbocycles. The molecule has 6 nitrogen and oxygen atoms in total. The number of aryl methyl sites for hydroxylation is 3. The Labute approximate surface area is 174 Å². The summed E-state index contributed by atoms with van der Waals surface area (Å²) in [5.74, 6) is 0.184. The zero-order valence-corrected chi connectivity index (χ0v) is 18.6. The Balaban J connectivity index is 1.70. The molecule has 0 aliphatic heterocycles. The summed E-state index contributed by atoms with van der Waals surface area (Å²) in [6.07, 6.45) is 0.311. The van der Waals surface area contributed by atoms with Crippen molar-refractivity contribution >= 4 is 37.3 Å². The van der Waals surface area contributed by atoms with Crippen LogP contribution < -0.4 is 9.54 Å². The van der Waals surface area contributed by atoms with Gasteiger partial charge in [0.2, 0.25) is 5.91 Å². The van der Waals surface area contributed by atoms with E-state index in [4.69, 9.17) is 4.74 Å². The molecule has 1 heterocycles. The van der Waals surface area contributed by atoms with Crippen molar-refractivity contribution in [3.8, 4) is 5.75 Å². The number of thiazole rings is 1. The van der Waals surface area contributed by atoms with Crippen LogP contribution in [0, 0.1) is 13.8 Å². The van der Waals surface area contributed by atoms with Gasteiger partial charge in [-0.05, 0) is 61.7 Å². The molecule has 1 aromatic heterocycles. The third-order valence-electron chi connectivity index (χ3n) is 4.68. The van der Waals surface area contributed by atoms with Gasteiger partial charge in [0.15, 0.2) is 14.6 Å². The van der Waals surface area contributed by atoms with Gasteiger partial charge in [-0.1, -0.05) is 17.4 Å². The Kier molecular flexibility index (Phi) is 6.24. The first-order valence-corrected chi connectivity index (χ1v) is 11.7. The van der Waals surface area contributed by atoms with Gasteiger partial charge in [-0.3, -0.25) is 4.79 Å². The zero-order chi connectivity index (χ0) is 21.2. The summed E-state index contributed by atoms with van der Waals surface area (Å²) in [6.45, 7) is 4.08. The van der Waals surface area contributed by atoms with E-state index >= 15 is 0 Å². The van der Waals surface area contributed by atoms with Crippen LogP contribution in [0.2, 0.25) is 0 Å². The van der Waals surface area contributed by atoms with Crippen LogP contribution in [0.3, 0.4) is 0 Å². The van der Waals surface area contributed by atoms with E-state index in [1.807, 2.05) is 25.5 Å². The van der Waals surface area contributed by atoms with Crippen molar-refractivity contribution in [2.75, 3.05) is 12.9 Å². The molecule has 3 aromatic rings. The first-order valence-electron chi connectivity index (χ1n) is 9.22. The topological polar surface area (TPSA) is 77.7 Å². The number of aromatic nitrogens is 1. The standard InChI is InChI=1S/C21H24N2O4S2/c1-14-12-15(2)20-18(13-14)28-21(23(20)3)22-19(24)6-5-11-29(25,26)17-9-7-16(27-4)8-10-17/h7-10,12-13H,5-6,11H2,1-4H3. The minimum atomic E-state index is -3.44. The highest BCUT2D eigenvalue weighted by Crippen LogP contribution is 2.22. The maximum atomic E-state index is 12.4. The van der Waals surface area contributed by atoms with Crippen molar-refractivity contribution in [3.63, 3.8) is 0 Å². The number of ether oxygens (including phenoxy) is 1. The number of hydrogen-bond acceptors (Lipinski definition) is 5. The van der Waals surface area contributed by atoms with Gasteiger partial charge in [-0.25, -0.2) is 8.42 Å². The minimum Gasteiger partial charge on any atom is -0.497 e. The maximum absolute atomic E-state index is 12.4. The van der Waals surface area contributed by atoms with Crippen LogP contribution in [0.15, 0.2) is 46.3 Å². The Morgan fingerprint density at radius 3 is 2.52 bits per heavy atom. The van der Waals surface area contributed by atoms with Crippen molar-refractivity contribution < 1.29 is 17.9 Å². The minimum absolute atomic E-state index is 0.0850. The number of fused-ring (bicyclic) bond motifs is 1. The lowest BCUT2D eigenvalue weighted by atomic mass is 10.1. The summed E-state index contributed by atoms with van der Waals surface area (Å²) in [5, 5.41) is 0. The molecule has 0 N–H and O–H groups in total. The molecule has 0 unspecified atom stereocenters. The lowest BCUT2D eigenvalue weighted by Gasteiger charge is -2.05. The fraction of sp³-hybridized carbons (Fsp3) is 0.333. The fourth-order valence-corrected chi connectivity index (χ4v) is 5.79. The van der Waals surface area contributed by atoms with Crippen molar-refractivity contribution in [1.29, 1.82) is 0 Å². The summed E-state index contributed by atoms with van der Waals surface area (Å²) in [7, 11) is -0.0291. The first-order chi connectivity index (χ1) is 13.7. The SMILES string of the molecule is COc1ccc(S(=O)(=O)CCCC(=O)N=c2sc3cc(C)cc(C)c3n2C)cc1. The Morgan fingerprint density at radius 1 is 1.17 bits per heavy atom. The predicted octanol–water partition coefficient (Wildman–Crippen LogP) is 3.55. The Morgan fingerprint density at radius 2 is 1.86 bits per heavy atom. The average Bonchev–Trinajstić information content (AvgIpc) is 2.97. The highest BCUT2D eigenvalue weighted by Gasteiger charge is 2.15. The molecule has 0 bridgehead atoms. The molecule has 0 radical (unpaired) electrons. The summed E-state index contributed by atoms with van der Waals surface area (Å²) < 4.78 is 32.9. The number of amides is 1. The van der Waals surface area contributed by atoms with E-state index in [-0.39, 0.29) is 29.4 Å². The molecule has 154 valence electrons. The van der Waals surface area contributed by atoms with Crippen molar-refractivity contribution in [3.05, 3.63) is 52.3 Å². The maximum Gasteiger partial charge on any atom is 0.248 e. The van der Waals surface area contributed by atoms with Crippen LogP contribution in [0.5, 0.6) is 5.75 Å². The van der Waals surface area contributed by atoms with Crippen LogP contribution in [0.1, 0.15) is 24.0 Å². The van der Waals surface area contributed by atoms with Gasteiger partial charge in [-0.15, -0.1) is 0 Å². The number of sulfone groups is 1. The zero-order valence-electron chi connectivity index (χ0n) is 16.9. The Bertz CT molecular complexity index is 1220. The van der Waals surface area contributed by atoms with Gasteiger partial charge in [0.05, 0.1) is 28.0 Å². The van der Waals surface area contributed by atoms with E-state index in [2.05, 4.69) is 17.1 Å². The summed E-state index contributed by atoms with van der Waals surface area (Å²) >= 11 is 1.47. The van der Waals surface area contributed by atoms with Crippen LogP contribution >= 0.6 is 11.3 Å². The van der Waals surface area contributed by atoms with Crippen LogP contribution in [-0.4, -0.2) is 31.8 Å². The second kappa shape index (κ2) is 8.51. The quantitative estimate of drug-likeness (QED) is 0.597. The molecular formula is C21H24N2O4S2. The third-order valence-corrected chi connectivity index (χ3v) is 7.57. The number of carbonyl (C=O) groups excluding carboxylic acids is 1. The molecule has 8 heteroatoms. The van der Waals surface area contributed by atoms with E-state index in [1.54, 1.807) is 12.1 Å². The number of rotatable bonds is 6. The van der Waals surface area contributed by atoms with Crippen molar-refractivity contribution in [2.24, 2.45) is 12.0 Å². The Hall–Kier alpha value is -2.45. The van der Waals surface area contributed by atoms with E-state index in [1.165, 1.54) is 36.1 Å². The molecular weight excluding hydrogens is 408 g/mol. The van der Waals surface area contributed by atoms with E-state index < -0.39 is 9.84 Å². The van der Waals surface area contributed by atoms with Gasteiger partial charge < -0.3 is 9.30 Å². The molecule has 0 atom stereocenters. The fourth-order valence-electron chi connectivity index (χ4n) is 3.27. The van der Waals surface area contributed by atoms with Crippen LogP contribution in [-0.2, 0) is 21.7 Å². The second-order valence-electron chi connectivity index (χ2n) is 6.98. The normalized spacial score (nSPS) is 12.5. The van der Waals surface area contributed by atoms with E-state index in [0.717, 1.165) is 15.8 Å². The lowest BCUT2D eigenvalue weighted by molar-refractivity contribution is -0.118. The smallest absolute Gasteiger partial charge is 0.248 e. The molecule has 29 heavy (non-hydrogen) atoms. The van der Waals surface area contributed by atoms with E-state index in [9.17, 15) is 13.2 Å². The van der Waals surface area contributed by atoms with Gasteiger partial charge >= 0.3 is 0 Å². The molecule has 0 aliphatic rings. The summed E-state index contributed by atoms with van der Waals surface area (Å²) in [4.78, 5) is 17.4. The number of carbonyl (C=O) groups is 1. The van der Waals surface area contributed by atoms with Gasteiger partial charge in [0.25, 0.3) is 0 Å². The summed E-state index contributed by atoms with van der Waals surface area (Å²) in [6, 6.07) is 10.4. The molecule has 0 saturated heterocycles. The number of benzene rings is 2. The third kappa shape index (κ3) is 4.76. The highest BCUT2D eigenvalue weighted by atomic mass is 32.2. The molecule has 0 spiro atoms. The largest absolute Gasteiger partial charge is 0.497 e. The molecule has 0 fully saturated rings. The molecule has 1 amide bonds. The molecule has 2 aromatic carbocycles. The first kappa shape index (κ1) is 21.3. The van der Waals surface area contributed by atoms with Gasteiger partial charge in [0, 0.05) is 13.5 Å². The van der Waals surface area contributed by atoms with Crippen molar-refractivity contribution in [2.45, 2.75) is 31.6 Å².